The lowest BCUT2D eigenvalue weighted by Gasteiger charge is -2.33. The monoisotopic (exact) mass is 341 g/mol. The summed E-state index contributed by atoms with van der Waals surface area (Å²) in [6, 6.07) is 5.64. The summed E-state index contributed by atoms with van der Waals surface area (Å²) in [5.74, 6) is 0.936. The number of carbonyl (C=O) groups excluding carboxylic acids is 1. The van der Waals surface area contributed by atoms with Crippen LogP contribution in [0, 0.1) is 11.8 Å². The number of likely N-dealkylation sites (tertiary alicyclic amines) is 1. The Morgan fingerprint density at radius 2 is 1.95 bits per heavy atom. The van der Waals surface area contributed by atoms with Crippen LogP contribution in [-0.4, -0.2) is 35.1 Å². The highest BCUT2D eigenvalue weighted by molar-refractivity contribution is 6.42. The molecule has 1 saturated heterocycles. The third-order valence-electron chi connectivity index (χ3n) is 5.01. The van der Waals surface area contributed by atoms with Gasteiger partial charge in [-0.2, -0.15) is 0 Å². The maximum Gasteiger partial charge on any atom is 0.226 e. The molecule has 5 heteroatoms. The molecule has 0 bridgehead atoms. The van der Waals surface area contributed by atoms with Gasteiger partial charge < -0.3 is 10.0 Å². The quantitative estimate of drug-likeness (QED) is 0.910. The number of hydrogen-bond acceptors (Lipinski definition) is 2. The maximum absolute atomic E-state index is 12.6. The zero-order valence-corrected chi connectivity index (χ0v) is 14.1. The molecule has 1 saturated carbocycles. The molecule has 1 aromatic rings. The van der Waals surface area contributed by atoms with E-state index >= 15 is 0 Å². The third-order valence-corrected chi connectivity index (χ3v) is 5.75. The van der Waals surface area contributed by atoms with Gasteiger partial charge in [0.05, 0.1) is 16.1 Å². The number of halogens is 2. The molecule has 2 aliphatic rings. The van der Waals surface area contributed by atoms with Crippen LogP contribution in [-0.2, 0) is 4.79 Å². The molecule has 3 nitrogen and oxygen atoms in total. The van der Waals surface area contributed by atoms with Gasteiger partial charge in [-0.15, -0.1) is 0 Å². The van der Waals surface area contributed by atoms with Gasteiger partial charge in [0.1, 0.15) is 0 Å². The van der Waals surface area contributed by atoms with Crippen LogP contribution in [0.4, 0.5) is 0 Å². The topological polar surface area (TPSA) is 40.5 Å². The standard InChI is InChI=1S/C17H21Cl2NO2/c1-10(21)11-4-6-20(7-5-11)17(22)14-9-13(14)12-2-3-15(18)16(19)8-12/h2-3,8,10-11,13-14,21H,4-7,9H2,1H3. The van der Waals surface area contributed by atoms with Crippen molar-refractivity contribution < 1.29 is 9.90 Å². The van der Waals surface area contributed by atoms with E-state index in [2.05, 4.69) is 0 Å². The fourth-order valence-corrected chi connectivity index (χ4v) is 3.72. The molecule has 0 radical (unpaired) electrons. The predicted octanol–water partition coefficient (Wildman–Crippen LogP) is 3.72. The molecular formula is C17H21Cl2NO2. The fraction of sp³-hybridized carbons (Fsp3) is 0.588. The van der Waals surface area contributed by atoms with E-state index in [-0.39, 0.29) is 23.8 Å². The van der Waals surface area contributed by atoms with Crippen molar-refractivity contribution in [2.24, 2.45) is 11.8 Å². The lowest BCUT2D eigenvalue weighted by Crippen LogP contribution is -2.41. The molecule has 1 amide bonds. The van der Waals surface area contributed by atoms with Gasteiger partial charge in [0, 0.05) is 19.0 Å². The van der Waals surface area contributed by atoms with Crippen LogP contribution in [0.2, 0.25) is 10.0 Å². The average Bonchev–Trinajstić information content (AvgIpc) is 3.30. The van der Waals surface area contributed by atoms with Crippen molar-refractivity contribution in [1.29, 1.82) is 0 Å². The second kappa shape index (κ2) is 6.38. The molecule has 1 aromatic carbocycles. The number of amides is 1. The Hall–Kier alpha value is -0.770. The van der Waals surface area contributed by atoms with Crippen LogP contribution in [0.5, 0.6) is 0 Å². The number of rotatable bonds is 3. The number of aliphatic hydroxyl groups is 1. The van der Waals surface area contributed by atoms with Crippen LogP contribution in [0.3, 0.4) is 0 Å². The molecule has 1 aliphatic carbocycles. The maximum atomic E-state index is 12.6. The zero-order chi connectivity index (χ0) is 15.9. The second-order valence-corrected chi connectivity index (χ2v) is 7.34. The van der Waals surface area contributed by atoms with E-state index in [1.54, 1.807) is 6.07 Å². The van der Waals surface area contributed by atoms with Crippen molar-refractivity contribution in [2.75, 3.05) is 13.1 Å². The molecule has 3 rings (SSSR count). The third kappa shape index (κ3) is 3.27. The SMILES string of the molecule is CC(O)C1CCN(C(=O)C2CC2c2ccc(Cl)c(Cl)c2)CC1. The van der Waals surface area contributed by atoms with Crippen molar-refractivity contribution in [3.63, 3.8) is 0 Å². The number of carbonyl (C=O) groups is 1. The number of nitrogens with zero attached hydrogens (tertiary/aromatic N) is 1. The van der Waals surface area contributed by atoms with Crippen LogP contribution >= 0.6 is 23.2 Å². The van der Waals surface area contributed by atoms with Gasteiger partial charge in [-0.3, -0.25) is 4.79 Å². The Balaban J connectivity index is 1.58. The number of benzene rings is 1. The summed E-state index contributed by atoms with van der Waals surface area (Å²) >= 11 is 12.0. The first-order valence-corrected chi connectivity index (χ1v) is 8.64. The smallest absolute Gasteiger partial charge is 0.226 e. The zero-order valence-electron chi connectivity index (χ0n) is 12.6. The summed E-state index contributed by atoms with van der Waals surface area (Å²) in [6.07, 6.45) is 2.41. The largest absolute Gasteiger partial charge is 0.393 e. The molecule has 0 spiro atoms. The van der Waals surface area contributed by atoms with Gasteiger partial charge in [-0.25, -0.2) is 0 Å². The number of piperidine rings is 1. The minimum absolute atomic E-state index is 0.0837. The van der Waals surface area contributed by atoms with Crippen molar-refractivity contribution in [3.8, 4) is 0 Å². The first-order valence-electron chi connectivity index (χ1n) is 7.89. The number of hydrogen-bond donors (Lipinski definition) is 1. The van der Waals surface area contributed by atoms with Gasteiger partial charge in [-0.05, 0) is 55.7 Å². The molecule has 0 aromatic heterocycles. The van der Waals surface area contributed by atoms with Gasteiger partial charge in [0.25, 0.3) is 0 Å². The van der Waals surface area contributed by atoms with E-state index < -0.39 is 0 Å². The van der Waals surface area contributed by atoms with Gasteiger partial charge in [-0.1, -0.05) is 29.3 Å². The molecule has 1 N–H and O–H groups in total. The van der Waals surface area contributed by atoms with E-state index in [9.17, 15) is 9.90 Å². The van der Waals surface area contributed by atoms with E-state index in [1.165, 1.54) is 0 Å². The van der Waals surface area contributed by atoms with Gasteiger partial charge in [0.15, 0.2) is 0 Å². The summed E-state index contributed by atoms with van der Waals surface area (Å²) in [7, 11) is 0. The Morgan fingerprint density at radius 3 is 2.55 bits per heavy atom. The van der Waals surface area contributed by atoms with E-state index in [0.29, 0.717) is 16.0 Å². The lowest BCUT2D eigenvalue weighted by atomic mass is 9.92. The highest BCUT2D eigenvalue weighted by Gasteiger charge is 2.46. The van der Waals surface area contributed by atoms with Crippen molar-refractivity contribution in [2.45, 2.75) is 38.2 Å². The molecule has 3 atom stereocenters. The molecule has 1 aliphatic heterocycles. The predicted molar refractivity (Wildman–Crippen MR) is 88.3 cm³/mol. The highest BCUT2D eigenvalue weighted by Crippen LogP contribution is 2.49. The second-order valence-electron chi connectivity index (χ2n) is 6.53. The van der Waals surface area contributed by atoms with Crippen LogP contribution in [0.25, 0.3) is 0 Å². The highest BCUT2D eigenvalue weighted by atomic mass is 35.5. The summed E-state index contributed by atoms with van der Waals surface area (Å²) in [6.45, 7) is 3.36. The van der Waals surface area contributed by atoms with E-state index in [4.69, 9.17) is 23.2 Å². The normalized spacial score (nSPS) is 26.8. The summed E-state index contributed by atoms with van der Waals surface area (Å²) < 4.78 is 0. The Bertz CT molecular complexity index is 568. The molecule has 2 fully saturated rings. The van der Waals surface area contributed by atoms with Gasteiger partial charge in [0.2, 0.25) is 5.91 Å². The Morgan fingerprint density at radius 1 is 1.27 bits per heavy atom. The summed E-state index contributed by atoms with van der Waals surface area (Å²) in [5.41, 5.74) is 1.10. The van der Waals surface area contributed by atoms with Crippen molar-refractivity contribution >= 4 is 29.1 Å². The first kappa shape index (κ1) is 16.1. The van der Waals surface area contributed by atoms with E-state index in [1.807, 2.05) is 24.0 Å². The van der Waals surface area contributed by atoms with Crippen molar-refractivity contribution in [3.05, 3.63) is 33.8 Å². The molecular weight excluding hydrogens is 321 g/mol. The lowest BCUT2D eigenvalue weighted by molar-refractivity contribution is -0.134. The molecule has 3 unspecified atom stereocenters. The summed E-state index contributed by atoms with van der Waals surface area (Å²) in [4.78, 5) is 14.5. The van der Waals surface area contributed by atoms with E-state index in [0.717, 1.165) is 37.9 Å². The van der Waals surface area contributed by atoms with Crippen LogP contribution in [0.1, 0.15) is 37.7 Å². The Kier molecular flexibility index (Phi) is 4.67. The molecule has 1 heterocycles. The van der Waals surface area contributed by atoms with Crippen molar-refractivity contribution in [1.82, 2.24) is 4.90 Å². The molecule has 120 valence electrons. The first-order chi connectivity index (χ1) is 10.5. The summed E-state index contributed by atoms with van der Waals surface area (Å²) in [5, 5.41) is 10.7. The Labute approximate surface area is 141 Å². The van der Waals surface area contributed by atoms with Crippen LogP contribution in [0.15, 0.2) is 18.2 Å². The average molecular weight is 342 g/mol. The minimum atomic E-state index is -0.276. The fourth-order valence-electron chi connectivity index (χ4n) is 3.42. The number of aliphatic hydroxyl groups excluding tert-OH is 1. The molecule has 22 heavy (non-hydrogen) atoms. The van der Waals surface area contributed by atoms with Crippen LogP contribution < -0.4 is 0 Å². The van der Waals surface area contributed by atoms with Gasteiger partial charge >= 0.3 is 0 Å². The minimum Gasteiger partial charge on any atom is -0.393 e.